The molecule has 1 aromatic carbocycles. The molecule has 1 saturated heterocycles. The Balaban J connectivity index is 1.51. The van der Waals surface area contributed by atoms with Crippen LogP contribution in [-0.2, 0) is 11.3 Å². The lowest BCUT2D eigenvalue weighted by Gasteiger charge is -2.38. The number of hydrogen-bond acceptors (Lipinski definition) is 2. The molecule has 0 aromatic heterocycles. The molecule has 1 aliphatic carbocycles. The molecule has 20 heavy (non-hydrogen) atoms. The van der Waals surface area contributed by atoms with E-state index in [2.05, 4.69) is 4.90 Å². The molecule has 0 atom stereocenters. The zero-order valence-corrected chi connectivity index (χ0v) is 11.7. The van der Waals surface area contributed by atoms with Crippen molar-refractivity contribution in [1.82, 2.24) is 9.80 Å². The van der Waals surface area contributed by atoms with Crippen LogP contribution in [0.1, 0.15) is 24.8 Å². The van der Waals surface area contributed by atoms with Gasteiger partial charge in [0.15, 0.2) is 0 Å². The molecule has 2 aliphatic rings. The number of rotatable bonds is 3. The first-order valence-corrected chi connectivity index (χ1v) is 7.48. The van der Waals surface area contributed by atoms with Crippen molar-refractivity contribution < 1.29 is 9.18 Å². The standard InChI is InChI=1S/C16H21FN2O/c17-15-7-2-1-4-14(15)12-18-8-10-19(11-9-18)16(20)13-5-3-6-13/h1-2,4,7,13H,3,5-6,8-12H2. The van der Waals surface area contributed by atoms with Crippen molar-refractivity contribution in [2.75, 3.05) is 26.2 Å². The first kappa shape index (κ1) is 13.6. The normalized spacial score (nSPS) is 20.8. The maximum absolute atomic E-state index is 13.6. The van der Waals surface area contributed by atoms with Gasteiger partial charge in [0, 0.05) is 44.2 Å². The second-order valence-electron chi connectivity index (χ2n) is 5.82. The monoisotopic (exact) mass is 276 g/mol. The van der Waals surface area contributed by atoms with Gasteiger partial charge in [-0.25, -0.2) is 4.39 Å². The van der Waals surface area contributed by atoms with Gasteiger partial charge in [0.05, 0.1) is 0 Å². The SMILES string of the molecule is O=C(C1CCC1)N1CCN(Cc2ccccc2F)CC1. The molecule has 1 saturated carbocycles. The van der Waals surface area contributed by atoms with Gasteiger partial charge in [-0.2, -0.15) is 0 Å². The molecule has 4 heteroatoms. The summed E-state index contributed by atoms with van der Waals surface area (Å²) in [4.78, 5) is 16.4. The number of amides is 1. The van der Waals surface area contributed by atoms with Crippen molar-refractivity contribution in [3.05, 3.63) is 35.6 Å². The quantitative estimate of drug-likeness (QED) is 0.845. The molecule has 0 unspecified atom stereocenters. The summed E-state index contributed by atoms with van der Waals surface area (Å²) < 4.78 is 13.6. The van der Waals surface area contributed by atoms with E-state index in [1.165, 1.54) is 12.5 Å². The average Bonchev–Trinajstić information content (AvgIpc) is 2.40. The zero-order valence-electron chi connectivity index (χ0n) is 11.7. The maximum Gasteiger partial charge on any atom is 0.225 e. The molecule has 0 spiro atoms. The molecule has 3 rings (SSSR count). The second kappa shape index (κ2) is 5.92. The third-order valence-corrected chi connectivity index (χ3v) is 4.49. The van der Waals surface area contributed by atoms with Crippen LogP contribution in [0.5, 0.6) is 0 Å². The van der Waals surface area contributed by atoms with Gasteiger partial charge in [0.25, 0.3) is 0 Å². The Kier molecular flexibility index (Phi) is 4.01. The molecule has 0 N–H and O–H groups in total. The van der Waals surface area contributed by atoms with Crippen LogP contribution in [0.4, 0.5) is 4.39 Å². The van der Waals surface area contributed by atoms with Crippen molar-refractivity contribution in [3.8, 4) is 0 Å². The fourth-order valence-electron chi connectivity index (χ4n) is 2.91. The van der Waals surface area contributed by atoms with Gasteiger partial charge in [-0.05, 0) is 18.9 Å². The van der Waals surface area contributed by atoms with E-state index in [9.17, 15) is 9.18 Å². The fourth-order valence-corrected chi connectivity index (χ4v) is 2.91. The van der Waals surface area contributed by atoms with Gasteiger partial charge in [-0.1, -0.05) is 24.6 Å². The number of benzene rings is 1. The molecular weight excluding hydrogens is 255 g/mol. The Morgan fingerprint density at radius 3 is 2.45 bits per heavy atom. The van der Waals surface area contributed by atoms with Gasteiger partial charge < -0.3 is 4.90 Å². The van der Waals surface area contributed by atoms with Gasteiger partial charge >= 0.3 is 0 Å². The summed E-state index contributed by atoms with van der Waals surface area (Å²) in [6.07, 6.45) is 3.33. The minimum Gasteiger partial charge on any atom is -0.340 e. The van der Waals surface area contributed by atoms with Gasteiger partial charge in [0.2, 0.25) is 5.91 Å². The lowest BCUT2D eigenvalue weighted by molar-refractivity contribution is -0.140. The average molecular weight is 276 g/mol. The maximum atomic E-state index is 13.6. The van der Waals surface area contributed by atoms with Crippen LogP contribution >= 0.6 is 0 Å². The fraction of sp³-hybridized carbons (Fsp3) is 0.562. The van der Waals surface area contributed by atoms with Gasteiger partial charge in [0.1, 0.15) is 5.82 Å². The molecule has 1 heterocycles. The minimum absolute atomic E-state index is 0.138. The molecule has 3 nitrogen and oxygen atoms in total. The van der Waals surface area contributed by atoms with E-state index in [0.29, 0.717) is 12.5 Å². The van der Waals surface area contributed by atoms with Crippen LogP contribution in [0.25, 0.3) is 0 Å². The van der Waals surface area contributed by atoms with Crippen molar-refractivity contribution in [2.45, 2.75) is 25.8 Å². The van der Waals surface area contributed by atoms with Crippen LogP contribution < -0.4 is 0 Å². The van der Waals surface area contributed by atoms with E-state index in [0.717, 1.165) is 44.6 Å². The number of nitrogens with zero attached hydrogens (tertiary/aromatic N) is 2. The van der Waals surface area contributed by atoms with Crippen molar-refractivity contribution in [2.24, 2.45) is 5.92 Å². The van der Waals surface area contributed by atoms with E-state index in [-0.39, 0.29) is 11.7 Å². The highest BCUT2D eigenvalue weighted by Gasteiger charge is 2.31. The Bertz CT molecular complexity index is 479. The number of carbonyl (C=O) groups excluding carboxylic acids is 1. The molecule has 1 aromatic rings. The summed E-state index contributed by atoms with van der Waals surface area (Å²) in [5.41, 5.74) is 0.742. The molecule has 108 valence electrons. The number of carbonyl (C=O) groups is 1. The van der Waals surface area contributed by atoms with Gasteiger partial charge in [-0.3, -0.25) is 9.69 Å². The van der Waals surface area contributed by atoms with Crippen LogP contribution in [-0.4, -0.2) is 41.9 Å². The van der Waals surface area contributed by atoms with Crippen LogP contribution in [0.2, 0.25) is 0 Å². The zero-order chi connectivity index (χ0) is 13.9. The number of hydrogen-bond donors (Lipinski definition) is 0. The third kappa shape index (κ3) is 2.85. The summed E-state index contributed by atoms with van der Waals surface area (Å²) in [7, 11) is 0. The Morgan fingerprint density at radius 2 is 1.85 bits per heavy atom. The summed E-state index contributed by atoms with van der Waals surface area (Å²) >= 11 is 0. The van der Waals surface area contributed by atoms with E-state index in [1.54, 1.807) is 6.07 Å². The Labute approximate surface area is 119 Å². The van der Waals surface area contributed by atoms with Crippen LogP contribution in [0, 0.1) is 11.7 Å². The van der Waals surface area contributed by atoms with Crippen LogP contribution in [0.15, 0.2) is 24.3 Å². The Hall–Kier alpha value is -1.42. The van der Waals surface area contributed by atoms with Crippen molar-refractivity contribution >= 4 is 5.91 Å². The largest absolute Gasteiger partial charge is 0.340 e. The highest BCUT2D eigenvalue weighted by atomic mass is 19.1. The van der Waals surface area contributed by atoms with E-state index in [1.807, 2.05) is 17.0 Å². The lowest BCUT2D eigenvalue weighted by atomic mass is 9.84. The molecule has 2 fully saturated rings. The molecular formula is C16H21FN2O. The lowest BCUT2D eigenvalue weighted by Crippen LogP contribution is -2.50. The number of piperazine rings is 1. The summed E-state index contributed by atoms with van der Waals surface area (Å²) in [5.74, 6) is 0.482. The summed E-state index contributed by atoms with van der Waals surface area (Å²) in [6.45, 7) is 3.88. The summed E-state index contributed by atoms with van der Waals surface area (Å²) in [6, 6.07) is 6.93. The highest BCUT2D eigenvalue weighted by molar-refractivity contribution is 5.79. The predicted octanol–water partition coefficient (Wildman–Crippen LogP) is 2.27. The molecule has 1 aliphatic heterocycles. The topological polar surface area (TPSA) is 23.6 Å². The first-order chi connectivity index (χ1) is 9.74. The third-order valence-electron chi connectivity index (χ3n) is 4.49. The van der Waals surface area contributed by atoms with Crippen molar-refractivity contribution in [1.29, 1.82) is 0 Å². The first-order valence-electron chi connectivity index (χ1n) is 7.48. The van der Waals surface area contributed by atoms with E-state index >= 15 is 0 Å². The molecule has 0 bridgehead atoms. The minimum atomic E-state index is -0.138. The van der Waals surface area contributed by atoms with Crippen LogP contribution in [0.3, 0.4) is 0 Å². The van der Waals surface area contributed by atoms with Gasteiger partial charge in [-0.15, -0.1) is 0 Å². The smallest absolute Gasteiger partial charge is 0.225 e. The summed E-state index contributed by atoms with van der Waals surface area (Å²) in [5, 5.41) is 0. The second-order valence-corrected chi connectivity index (χ2v) is 5.82. The van der Waals surface area contributed by atoms with E-state index in [4.69, 9.17) is 0 Å². The van der Waals surface area contributed by atoms with Crippen molar-refractivity contribution in [3.63, 3.8) is 0 Å². The molecule has 0 radical (unpaired) electrons. The Morgan fingerprint density at radius 1 is 1.15 bits per heavy atom. The number of halogens is 1. The molecule has 1 amide bonds. The van der Waals surface area contributed by atoms with E-state index < -0.39 is 0 Å². The predicted molar refractivity (Wildman–Crippen MR) is 75.6 cm³/mol. The highest BCUT2D eigenvalue weighted by Crippen LogP contribution is 2.28.